The van der Waals surface area contributed by atoms with Crippen LogP contribution in [0, 0.1) is 5.92 Å². The van der Waals surface area contributed by atoms with Crippen LogP contribution in [0.1, 0.15) is 33.1 Å². The Balaban J connectivity index is 1.95. The Kier molecular flexibility index (Phi) is 3.87. The molecule has 0 aromatic rings. The van der Waals surface area contributed by atoms with E-state index in [4.69, 9.17) is 5.11 Å². The molecule has 1 saturated heterocycles. The van der Waals surface area contributed by atoms with Gasteiger partial charge in [0.05, 0.1) is 5.92 Å². The maximum atomic E-state index is 12.3. The Bertz CT molecular complexity index is 435. The molecule has 0 radical (unpaired) electrons. The van der Waals surface area contributed by atoms with Crippen molar-refractivity contribution < 1.29 is 19.5 Å². The largest absolute Gasteiger partial charge is 0.481 e. The highest BCUT2D eigenvalue weighted by atomic mass is 16.4. The van der Waals surface area contributed by atoms with E-state index < -0.39 is 11.5 Å². The maximum absolute atomic E-state index is 12.3. The average molecular weight is 283 g/mol. The lowest BCUT2D eigenvalue weighted by Gasteiger charge is -2.41. The molecule has 0 bridgehead atoms. The number of rotatable bonds is 2. The zero-order valence-electron chi connectivity index (χ0n) is 11.8. The van der Waals surface area contributed by atoms with E-state index in [-0.39, 0.29) is 23.9 Å². The molecule has 1 aliphatic carbocycles. The fourth-order valence-corrected chi connectivity index (χ4v) is 2.84. The number of piperazine rings is 1. The van der Waals surface area contributed by atoms with Crippen molar-refractivity contribution in [1.29, 1.82) is 0 Å². The molecule has 3 amide bonds. The van der Waals surface area contributed by atoms with Crippen LogP contribution in [0.5, 0.6) is 0 Å². The van der Waals surface area contributed by atoms with Crippen LogP contribution >= 0.6 is 0 Å². The third-order valence-corrected chi connectivity index (χ3v) is 4.21. The fraction of sp³-hybridized carbons (Fsp3) is 0.769. The summed E-state index contributed by atoms with van der Waals surface area (Å²) in [6.07, 6.45) is 1.72. The van der Waals surface area contributed by atoms with Crippen LogP contribution in [0.4, 0.5) is 4.79 Å². The molecule has 112 valence electrons. The smallest absolute Gasteiger partial charge is 0.318 e. The first-order chi connectivity index (χ1) is 9.32. The van der Waals surface area contributed by atoms with Crippen molar-refractivity contribution in [2.24, 2.45) is 5.92 Å². The van der Waals surface area contributed by atoms with Crippen molar-refractivity contribution >= 4 is 17.9 Å². The summed E-state index contributed by atoms with van der Waals surface area (Å²) >= 11 is 0. The van der Waals surface area contributed by atoms with Crippen LogP contribution in [0.3, 0.4) is 0 Å². The molecule has 1 saturated carbocycles. The van der Waals surface area contributed by atoms with Gasteiger partial charge in [-0.1, -0.05) is 0 Å². The van der Waals surface area contributed by atoms with E-state index in [0.717, 1.165) is 0 Å². The second-order valence-corrected chi connectivity index (χ2v) is 5.96. The number of hydrogen-bond acceptors (Lipinski definition) is 3. The normalized spacial score (nSPS) is 28.9. The Hall–Kier alpha value is -1.79. The van der Waals surface area contributed by atoms with Gasteiger partial charge in [0, 0.05) is 19.1 Å². The summed E-state index contributed by atoms with van der Waals surface area (Å²) in [6.45, 7) is 4.31. The number of nitrogens with one attached hydrogen (secondary N) is 2. The Morgan fingerprint density at radius 3 is 2.70 bits per heavy atom. The van der Waals surface area contributed by atoms with E-state index in [9.17, 15) is 14.4 Å². The van der Waals surface area contributed by atoms with Gasteiger partial charge in [-0.25, -0.2) is 4.79 Å². The summed E-state index contributed by atoms with van der Waals surface area (Å²) in [5.74, 6) is -1.36. The Morgan fingerprint density at radius 1 is 1.40 bits per heavy atom. The molecule has 3 N–H and O–H groups in total. The van der Waals surface area contributed by atoms with Gasteiger partial charge in [0.2, 0.25) is 5.91 Å². The fourth-order valence-electron chi connectivity index (χ4n) is 2.84. The summed E-state index contributed by atoms with van der Waals surface area (Å²) in [5, 5.41) is 14.5. The standard InChI is InChI=1S/C13H21N3O4/c1-13(2)11(19)14-5-6-16(13)12(20)15-9-4-3-8(7-9)10(17)18/h8-9H,3-7H2,1-2H3,(H,14,19)(H,15,20)(H,17,18)/t8-,9+/m1/s1. The molecule has 0 unspecified atom stereocenters. The lowest BCUT2D eigenvalue weighted by Crippen LogP contribution is -2.65. The van der Waals surface area contributed by atoms with Crippen LogP contribution in [-0.4, -0.2) is 52.6 Å². The zero-order valence-corrected chi connectivity index (χ0v) is 11.8. The van der Waals surface area contributed by atoms with Crippen LogP contribution < -0.4 is 10.6 Å². The monoisotopic (exact) mass is 283 g/mol. The Labute approximate surface area is 117 Å². The summed E-state index contributed by atoms with van der Waals surface area (Å²) in [5.41, 5.74) is -0.882. The molecular formula is C13H21N3O4. The molecule has 2 rings (SSSR count). The van der Waals surface area contributed by atoms with Crippen molar-refractivity contribution in [2.75, 3.05) is 13.1 Å². The number of carbonyl (C=O) groups is 3. The number of aliphatic carboxylic acids is 1. The summed E-state index contributed by atoms with van der Waals surface area (Å²) in [6, 6.07) is -0.412. The number of nitrogens with zero attached hydrogens (tertiary/aromatic N) is 1. The zero-order chi connectivity index (χ0) is 14.9. The molecule has 20 heavy (non-hydrogen) atoms. The van der Waals surface area contributed by atoms with Crippen molar-refractivity contribution in [2.45, 2.75) is 44.7 Å². The van der Waals surface area contributed by atoms with E-state index in [2.05, 4.69) is 10.6 Å². The summed E-state index contributed by atoms with van der Waals surface area (Å²) in [7, 11) is 0. The Morgan fingerprint density at radius 2 is 2.10 bits per heavy atom. The average Bonchev–Trinajstić information content (AvgIpc) is 2.81. The quantitative estimate of drug-likeness (QED) is 0.672. The van der Waals surface area contributed by atoms with Gasteiger partial charge in [0.15, 0.2) is 0 Å². The first kappa shape index (κ1) is 14.6. The van der Waals surface area contributed by atoms with Gasteiger partial charge in [-0.2, -0.15) is 0 Å². The second kappa shape index (κ2) is 5.30. The van der Waals surface area contributed by atoms with Gasteiger partial charge in [0.1, 0.15) is 5.54 Å². The predicted molar refractivity (Wildman–Crippen MR) is 71.1 cm³/mol. The van der Waals surface area contributed by atoms with Gasteiger partial charge >= 0.3 is 12.0 Å². The lowest BCUT2D eigenvalue weighted by molar-refractivity contribution is -0.141. The molecular weight excluding hydrogens is 262 g/mol. The molecule has 1 aliphatic heterocycles. The minimum atomic E-state index is -0.882. The van der Waals surface area contributed by atoms with Crippen molar-refractivity contribution in [3.05, 3.63) is 0 Å². The van der Waals surface area contributed by atoms with Gasteiger partial charge in [-0.05, 0) is 33.1 Å². The van der Waals surface area contributed by atoms with Crippen LogP contribution in [0.25, 0.3) is 0 Å². The number of carboxylic acid groups (broad SMARTS) is 1. The minimum Gasteiger partial charge on any atom is -0.481 e. The number of urea groups is 1. The first-order valence-corrected chi connectivity index (χ1v) is 6.91. The SMILES string of the molecule is CC1(C)C(=O)NCCN1C(=O)N[C@H]1CC[C@@H](C(=O)O)C1. The molecule has 7 heteroatoms. The van der Waals surface area contributed by atoms with Gasteiger partial charge in [0.25, 0.3) is 0 Å². The second-order valence-electron chi connectivity index (χ2n) is 5.96. The topological polar surface area (TPSA) is 98.7 Å². The van der Waals surface area contributed by atoms with Gasteiger partial charge in [-0.15, -0.1) is 0 Å². The van der Waals surface area contributed by atoms with Gasteiger partial charge in [-0.3, -0.25) is 9.59 Å². The summed E-state index contributed by atoms with van der Waals surface area (Å²) in [4.78, 5) is 36.5. The lowest BCUT2D eigenvalue weighted by atomic mass is 9.99. The molecule has 2 atom stereocenters. The van der Waals surface area contributed by atoms with E-state index in [1.165, 1.54) is 4.90 Å². The number of carboxylic acids is 1. The molecule has 7 nitrogen and oxygen atoms in total. The summed E-state index contributed by atoms with van der Waals surface area (Å²) < 4.78 is 0. The van der Waals surface area contributed by atoms with Crippen molar-refractivity contribution in [3.63, 3.8) is 0 Å². The highest BCUT2D eigenvalue weighted by Gasteiger charge is 2.41. The molecule has 1 heterocycles. The van der Waals surface area contributed by atoms with Crippen LogP contribution in [0.15, 0.2) is 0 Å². The van der Waals surface area contributed by atoms with Crippen LogP contribution in [-0.2, 0) is 9.59 Å². The third-order valence-electron chi connectivity index (χ3n) is 4.21. The highest BCUT2D eigenvalue weighted by Crippen LogP contribution is 2.26. The van der Waals surface area contributed by atoms with E-state index in [1.807, 2.05) is 0 Å². The molecule has 0 spiro atoms. The first-order valence-electron chi connectivity index (χ1n) is 6.91. The van der Waals surface area contributed by atoms with E-state index >= 15 is 0 Å². The van der Waals surface area contributed by atoms with Crippen molar-refractivity contribution in [3.8, 4) is 0 Å². The molecule has 0 aromatic heterocycles. The third kappa shape index (κ3) is 2.71. The minimum absolute atomic E-state index is 0.121. The highest BCUT2D eigenvalue weighted by molar-refractivity contribution is 5.91. The van der Waals surface area contributed by atoms with Gasteiger partial charge < -0.3 is 20.6 Å². The van der Waals surface area contributed by atoms with Crippen LogP contribution in [0.2, 0.25) is 0 Å². The molecule has 0 aromatic carbocycles. The molecule has 2 fully saturated rings. The van der Waals surface area contributed by atoms with E-state index in [1.54, 1.807) is 13.8 Å². The predicted octanol–water partition coefficient (Wildman–Crippen LogP) is 0.160. The molecule has 2 aliphatic rings. The number of hydrogen-bond donors (Lipinski definition) is 3. The number of carbonyl (C=O) groups excluding carboxylic acids is 2. The number of amides is 3. The maximum Gasteiger partial charge on any atom is 0.318 e. The van der Waals surface area contributed by atoms with E-state index in [0.29, 0.717) is 32.4 Å². The van der Waals surface area contributed by atoms with Crippen molar-refractivity contribution in [1.82, 2.24) is 15.5 Å².